The molecule has 1 amide bonds. The molecule has 0 aromatic heterocycles. The molecule has 2 unspecified atom stereocenters. The fourth-order valence-corrected chi connectivity index (χ4v) is 3.79. The Hall–Kier alpha value is -1.56. The lowest BCUT2D eigenvalue weighted by Crippen LogP contribution is -2.49. The van der Waals surface area contributed by atoms with E-state index in [4.69, 9.17) is 0 Å². The van der Waals surface area contributed by atoms with E-state index in [-0.39, 0.29) is 23.9 Å². The standard InChI is InChI=1S/C17H21F3N2O/c1-22(14-9-12-6-7-13(10-14)21-12)16(23)8-11-4-2-3-5-15(11)17(18,19)20/h2-5,12-14,21H,6-10H2,1H3. The number of hydrogen-bond donors (Lipinski definition) is 1. The fourth-order valence-electron chi connectivity index (χ4n) is 3.79. The fraction of sp³-hybridized carbons (Fsp3) is 0.588. The average Bonchev–Trinajstić information content (AvgIpc) is 2.84. The summed E-state index contributed by atoms with van der Waals surface area (Å²) in [5.74, 6) is -0.243. The Morgan fingerprint density at radius 3 is 2.43 bits per heavy atom. The lowest BCUT2D eigenvalue weighted by molar-refractivity contribution is -0.138. The first-order valence-corrected chi connectivity index (χ1v) is 8.01. The number of piperidine rings is 1. The summed E-state index contributed by atoms with van der Waals surface area (Å²) >= 11 is 0. The van der Waals surface area contributed by atoms with Crippen LogP contribution in [0.2, 0.25) is 0 Å². The van der Waals surface area contributed by atoms with Crippen LogP contribution in [0.3, 0.4) is 0 Å². The zero-order valence-corrected chi connectivity index (χ0v) is 13.1. The Morgan fingerprint density at radius 1 is 1.22 bits per heavy atom. The molecule has 2 aliphatic rings. The van der Waals surface area contributed by atoms with Gasteiger partial charge in [-0.05, 0) is 37.3 Å². The number of benzene rings is 1. The quantitative estimate of drug-likeness (QED) is 0.926. The van der Waals surface area contributed by atoms with Crippen LogP contribution < -0.4 is 5.32 Å². The van der Waals surface area contributed by atoms with E-state index in [1.54, 1.807) is 18.0 Å². The van der Waals surface area contributed by atoms with Crippen LogP contribution in [0.1, 0.15) is 36.8 Å². The van der Waals surface area contributed by atoms with Crippen LogP contribution in [-0.4, -0.2) is 36.0 Å². The zero-order valence-electron chi connectivity index (χ0n) is 13.1. The van der Waals surface area contributed by atoms with Crippen molar-refractivity contribution in [2.24, 2.45) is 0 Å². The highest BCUT2D eigenvalue weighted by Crippen LogP contribution is 2.33. The maximum Gasteiger partial charge on any atom is 0.416 e. The van der Waals surface area contributed by atoms with Gasteiger partial charge in [-0.15, -0.1) is 0 Å². The smallest absolute Gasteiger partial charge is 0.342 e. The third kappa shape index (κ3) is 3.52. The van der Waals surface area contributed by atoms with Gasteiger partial charge in [0.1, 0.15) is 0 Å². The number of nitrogens with one attached hydrogen (secondary N) is 1. The van der Waals surface area contributed by atoms with Gasteiger partial charge in [-0.3, -0.25) is 4.79 Å². The van der Waals surface area contributed by atoms with Gasteiger partial charge in [0.05, 0.1) is 12.0 Å². The summed E-state index contributed by atoms with van der Waals surface area (Å²) in [5, 5.41) is 3.51. The van der Waals surface area contributed by atoms with Crippen LogP contribution in [0.25, 0.3) is 0 Å². The first kappa shape index (κ1) is 16.3. The molecule has 0 aliphatic carbocycles. The van der Waals surface area contributed by atoms with Crippen molar-refractivity contribution in [2.45, 2.75) is 56.4 Å². The van der Waals surface area contributed by atoms with Crippen LogP contribution in [0.5, 0.6) is 0 Å². The first-order chi connectivity index (χ1) is 10.8. The minimum atomic E-state index is -4.43. The highest BCUT2D eigenvalue weighted by molar-refractivity contribution is 5.79. The Bertz CT molecular complexity index is 575. The number of alkyl halides is 3. The molecule has 3 nitrogen and oxygen atoms in total. The third-order valence-electron chi connectivity index (χ3n) is 5.05. The second-order valence-corrected chi connectivity index (χ2v) is 6.60. The van der Waals surface area contributed by atoms with Gasteiger partial charge < -0.3 is 10.2 Å². The molecule has 2 aliphatic heterocycles. The number of nitrogens with zero attached hydrogens (tertiary/aromatic N) is 1. The normalized spacial score (nSPS) is 27.0. The minimum Gasteiger partial charge on any atom is -0.342 e. The molecule has 126 valence electrons. The summed E-state index contributed by atoms with van der Waals surface area (Å²) in [5.41, 5.74) is -0.666. The van der Waals surface area contributed by atoms with Crippen LogP contribution in [0.15, 0.2) is 24.3 Å². The molecular formula is C17H21F3N2O. The lowest BCUT2D eigenvalue weighted by Gasteiger charge is -2.35. The highest BCUT2D eigenvalue weighted by atomic mass is 19.4. The van der Waals surface area contributed by atoms with E-state index < -0.39 is 11.7 Å². The van der Waals surface area contributed by atoms with Crippen molar-refractivity contribution in [2.75, 3.05) is 7.05 Å². The van der Waals surface area contributed by atoms with Crippen molar-refractivity contribution < 1.29 is 18.0 Å². The van der Waals surface area contributed by atoms with E-state index in [1.165, 1.54) is 12.1 Å². The molecule has 1 aromatic rings. The number of amides is 1. The summed E-state index contributed by atoms with van der Waals surface area (Å²) < 4.78 is 39.1. The van der Waals surface area contributed by atoms with E-state index in [1.807, 2.05) is 0 Å². The number of hydrogen-bond acceptors (Lipinski definition) is 2. The van der Waals surface area contributed by atoms with Crippen molar-refractivity contribution in [1.29, 1.82) is 0 Å². The number of carbonyl (C=O) groups is 1. The second kappa shape index (κ2) is 6.15. The maximum atomic E-state index is 13.0. The van der Waals surface area contributed by atoms with Gasteiger partial charge in [0.25, 0.3) is 0 Å². The molecule has 0 radical (unpaired) electrons. The largest absolute Gasteiger partial charge is 0.416 e. The number of likely N-dealkylation sites (N-methyl/N-ethyl adjacent to an activating group) is 1. The number of carbonyl (C=O) groups excluding carboxylic acids is 1. The van der Waals surface area contributed by atoms with Crippen molar-refractivity contribution in [3.8, 4) is 0 Å². The van der Waals surface area contributed by atoms with E-state index in [0.717, 1.165) is 31.7 Å². The molecule has 1 aromatic carbocycles. The topological polar surface area (TPSA) is 32.3 Å². The minimum absolute atomic E-state index is 0.0498. The van der Waals surface area contributed by atoms with Gasteiger partial charge in [-0.2, -0.15) is 13.2 Å². The third-order valence-corrected chi connectivity index (χ3v) is 5.05. The van der Waals surface area contributed by atoms with E-state index in [0.29, 0.717) is 12.1 Å². The van der Waals surface area contributed by atoms with Crippen LogP contribution >= 0.6 is 0 Å². The van der Waals surface area contributed by atoms with Gasteiger partial charge >= 0.3 is 6.18 Å². The molecule has 3 rings (SSSR count). The molecule has 2 heterocycles. The predicted molar refractivity (Wildman–Crippen MR) is 80.9 cm³/mol. The second-order valence-electron chi connectivity index (χ2n) is 6.60. The van der Waals surface area contributed by atoms with Gasteiger partial charge in [-0.25, -0.2) is 0 Å². The van der Waals surface area contributed by atoms with E-state index in [9.17, 15) is 18.0 Å². The molecule has 2 fully saturated rings. The number of rotatable bonds is 3. The number of halogens is 3. The maximum absolute atomic E-state index is 13.0. The van der Waals surface area contributed by atoms with Gasteiger partial charge in [0, 0.05) is 25.2 Å². The van der Waals surface area contributed by atoms with Crippen LogP contribution in [0, 0.1) is 0 Å². The zero-order chi connectivity index (χ0) is 16.6. The van der Waals surface area contributed by atoms with Crippen molar-refractivity contribution in [3.05, 3.63) is 35.4 Å². The van der Waals surface area contributed by atoms with Crippen LogP contribution in [0.4, 0.5) is 13.2 Å². The molecule has 2 saturated heterocycles. The SMILES string of the molecule is CN(C(=O)Cc1ccccc1C(F)(F)F)C1CC2CCC(C1)N2. The molecule has 2 atom stereocenters. The summed E-state index contributed by atoms with van der Waals surface area (Å²) in [6.07, 6.45) is -0.603. The summed E-state index contributed by atoms with van der Waals surface area (Å²) in [6, 6.07) is 6.33. The Balaban J connectivity index is 1.70. The molecule has 6 heteroatoms. The van der Waals surface area contributed by atoms with Gasteiger partial charge in [0.2, 0.25) is 5.91 Å². The summed E-state index contributed by atoms with van der Waals surface area (Å²) in [6.45, 7) is 0. The van der Waals surface area contributed by atoms with Crippen LogP contribution in [-0.2, 0) is 17.4 Å². The van der Waals surface area contributed by atoms with Crippen molar-refractivity contribution in [3.63, 3.8) is 0 Å². The van der Waals surface area contributed by atoms with Crippen molar-refractivity contribution in [1.82, 2.24) is 10.2 Å². The summed E-state index contributed by atoms with van der Waals surface area (Å²) in [4.78, 5) is 14.1. The molecular weight excluding hydrogens is 305 g/mol. The van der Waals surface area contributed by atoms with Gasteiger partial charge in [-0.1, -0.05) is 18.2 Å². The van der Waals surface area contributed by atoms with Crippen molar-refractivity contribution >= 4 is 5.91 Å². The average molecular weight is 326 g/mol. The highest BCUT2D eigenvalue weighted by Gasteiger charge is 2.37. The molecule has 1 N–H and O–H groups in total. The monoisotopic (exact) mass is 326 g/mol. The van der Waals surface area contributed by atoms with E-state index in [2.05, 4.69) is 5.32 Å². The lowest BCUT2D eigenvalue weighted by atomic mass is 9.97. The number of fused-ring (bicyclic) bond motifs is 2. The van der Waals surface area contributed by atoms with Gasteiger partial charge in [0.15, 0.2) is 0 Å². The first-order valence-electron chi connectivity index (χ1n) is 8.01. The molecule has 0 saturated carbocycles. The predicted octanol–water partition coefficient (Wildman–Crippen LogP) is 2.99. The molecule has 23 heavy (non-hydrogen) atoms. The Kier molecular flexibility index (Phi) is 4.36. The summed E-state index contributed by atoms with van der Waals surface area (Å²) in [7, 11) is 1.72. The Labute approximate surface area is 133 Å². The molecule has 0 spiro atoms. The Morgan fingerprint density at radius 2 is 1.83 bits per heavy atom. The van der Waals surface area contributed by atoms with E-state index >= 15 is 0 Å². The molecule has 2 bridgehead atoms.